The summed E-state index contributed by atoms with van der Waals surface area (Å²) in [7, 11) is 0. The lowest BCUT2D eigenvalue weighted by atomic mass is 9.94. The molecule has 7 heteroatoms. The standard InChI is InChI=1S/C18H20ClN5S/c1-4-10(2)7-15-16(11(3)23-18-21-9-22-24(15)18)13-6-5-12(17(20)25)8-14(13)19/h5-6,8-10H,4,7H2,1-3H3,(H2,20,25). The zero-order valence-corrected chi connectivity index (χ0v) is 16.0. The van der Waals surface area contributed by atoms with E-state index in [1.807, 2.05) is 23.6 Å². The molecule has 1 unspecified atom stereocenters. The number of thiocarbonyl (C=S) groups is 1. The van der Waals surface area contributed by atoms with Gasteiger partial charge in [0.25, 0.3) is 5.78 Å². The smallest absolute Gasteiger partial charge is 0.252 e. The topological polar surface area (TPSA) is 69.1 Å². The summed E-state index contributed by atoms with van der Waals surface area (Å²) >= 11 is 11.6. The number of hydrogen-bond acceptors (Lipinski definition) is 4. The van der Waals surface area contributed by atoms with Crippen LogP contribution in [0.4, 0.5) is 0 Å². The largest absolute Gasteiger partial charge is 0.389 e. The summed E-state index contributed by atoms with van der Waals surface area (Å²) in [6, 6.07) is 5.64. The van der Waals surface area contributed by atoms with Crippen molar-refractivity contribution in [3.05, 3.63) is 46.5 Å². The Morgan fingerprint density at radius 3 is 2.80 bits per heavy atom. The molecule has 0 spiro atoms. The molecule has 0 saturated carbocycles. The fourth-order valence-electron chi connectivity index (χ4n) is 2.91. The van der Waals surface area contributed by atoms with E-state index in [1.165, 1.54) is 6.33 Å². The van der Waals surface area contributed by atoms with Crippen LogP contribution in [0, 0.1) is 12.8 Å². The molecule has 0 saturated heterocycles. The van der Waals surface area contributed by atoms with Crippen molar-refractivity contribution in [3.63, 3.8) is 0 Å². The van der Waals surface area contributed by atoms with Crippen molar-refractivity contribution in [1.29, 1.82) is 0 Å². The number of fused-ring (bicyclic) bond motifs is 1. The first-order chi connectivity index (χ1) is 11.9. The Balaban J connectivity index is 2.26. The van der Waals surface area contributed by atoms with Gasteiger partial charge in [-0.25, -0.2) is 9.50 Å². The summed E-state index contributed by atoms with van der Waals surface area (Å²) in [6.45, 7) is 6.38. The van der Waals surface area contributed by atoms with Gasteiger partial charge in [0.1, 0.15) is 11.3 Å². The molecule has 1 aromatic carbocycles. The lowest BCUT2D eigenvalue weighted by Gasteiger charge is -2.17. The Labute approximate surface area is 157 Å². The van der Waals surface area contributed by atoms with Gasteiger partial charge < -0.3 is 5.73 Å². The van der Waals surface area contributed by atoms with E-state index in [9.17, 15) is 0 Å². The Bertz CT molecular complexity index is 950. The van der Waals surface area contributed by atoms with Crippen LogP contribution in [-0.2, 0) is 6.42 Å². The lowest BCUT2D eigenvalue weighted by molar-refractivity contribution is 0.544. The maximum absolute atomic E-state index is 6.56. The molecule has 0 aliphatic carbocycles. The number of aromatic nitrogens is 4. The molecule has 0 bridgehead atoms. The van der Waals surface area contributed by atoms with Crippen molar-refractivity contribution >= 4 is 34.6 Å². The molecule has 5 nitrogen and oxygen atoms in total. The van der Waals surface area contributed by atoms with E-state index in [0.29, 0.717) is 21.7 Å². The van der Waals surface area contributed by atoms with Crippen molar-refractivity contribution in [2.75, 3.05) is 0 Å². The molecular formula is C18H20ClN5S. The van der Waals surface area contributed by atoms with Crippen LogP contribution in [0.25, 0.3) is 16.9 Å². The molecule has 0 amide bonds. The molecule has 3 rings (SSSR count). The fourth-order valence-corrected chi connectivity index (χ4v) is 3.31. The second kappa shape index (κ2) is 7.06. The van der Waals surface area contributed by atoms with Crippen molar-refractivity contribution in [1.82, 2.24) is 19.6 Å². The predicted octanol–water partition coefficient (Wildman–Crippen LogP) is 3.98. The van der Waals surface area contributed by atoms with Gasteiger partial charge in [0, 0.05) is 21.7 Å². The highest BCUT2D eigenvalue weighted by Gasteiger charge is 2.20. The highest BCUT2D eigenvalue weighted by Crippen LogP contribution is 2.34. The van der Waals surface area contributed by atoms with Crippen LogP contribution in [0.1, 0.15) is 37.2 Å². The van der Waals surface area contributed by atoms with E-state index in [1.54, 1.807) is 6.07 Å². The summed E-state index contributed by atoms with van der Waals surface area (Å²) in [5, 5.41) is 4.97. The molecule has 0 aliphatic heterocycles. The zero-order chi connectivity index (χ0) is 18.1. The maximum Gasteiger partial charge on any atom is 0.252 e. The Kier molecular flexibility index (Phi) is 5.01. The van der Waals surface area contributed by atoms with Crippen LogP contribution in [0.3, 0.4) is 0 Å². The minimum Gasteiger partial charge on any atom is -0.389 e. The van der Waals surface area contributed by atoms with E-state index in [0.717, 1.165) is 40.9 Å². The summed E-state index contributed by atoms with van der Waals surface area (Å²) in [5.74, 6) is 1.11. The fraction of sp³-hybridized carbons (Fsp3) is 0.333. The molecule has 2 N–H and O–H groups in total. The van der Waals surface area contributed by atoms with Crippen LogP contribution < -0.4 is 5.73 Å². The summed E-state index contributed by atoms with van der Waals surface area (Å²) < 4.78 is 1.81. The van der Waals surface area contributed by atoms with Crippen LogP contribution >= 0.6 is 23.8 Å². The predicted molar refractivity (Wildman–Crippen MR) is 105 cm³/mol. The molecule has 3 aromatic rings. The van der Waals surface area contributed by atoms with Crippen molar-refractivity contribution < 1.29 is 0 Å². The molecule has 130 valence electrons. The number of benzene rings is 1. The van der Waals surface area contributed by atoms with Gasteiger partial charge in [0.05, 0.1) is 11.4 Å². The van der Waals surface area contributed by atoms with E-state index in [4.69, 9.17) is 29.6 Å². The van der Waals surface area contributed by atoms with Crippen molar-refractivity contribution in [2.24, 2.45) is 11.7 Å². The average Bonchev–Trinajstić information content (AvgIpc) is 3.03. The van der Waals surface area contributed by atoms with Gasteiger partial charge in [0.2, 0.25) is 0 Å². The third-order valence-corrected chi connectivity index (χ3v) is 5.01. The normalized spacial score (nSPS) is 12.5. The first-order valence-corrected chi connectivity index (χ1v) is 8.99. The van der Waals surface area contributed by atoms with E-state index in [-0.39, 0.29) is 0 Å². The Hall–Kier alpha value is -2.05. The van der Waals surface area contributed by atoms with Gasteiger partial charge >= 0.3 is 0 Å². The van der Waals surface area contributed by atoms with Gasteiger partial charge in [-0.1, -0.05) is 56.2 Å². The molecule has 0 aliphatic rings. The summed E-state index contributed by atoms with van der Waals surface area (Å²) in [4.78, 5) is 9.16. The van der Waals surface area contributed by atoms with E-state index >= 15 is 0 Å². The third kappa shape index (κ3) is 3.37. The average molecular weight is 374 g/mol. The zero-order valence-electron chi connectivity index (χ0n) is 14.5. The lowest BCUT2D eigenvalue weighted by Crippen LogP contribution is -2.11. The van der Waals surface area contributed by atoms with Crippen LogP contribution in [0.2, 0.25) is 5.02 Å². The van der Waals surface area contributed by atoms with Gasteiger partial charge in [-0.3, -0.25) is 0 Å². The molecule has 2 heterocycles. The number of nitrogens with zero attached hydrogens (tertiary/aromatic N) is 4. The monoisotopic (exact) mass is 373 g/mol. The highest BCUT2D eigenvalue weighted by atomic mass is 35.5. The molecule has 0 fully saturated rings. The first kappa shape index (κ1) is 17.8. The van der Waals surface area contributed by atoms with E-state index < -0.39 is 0 Å². The second-order valence-corrected chi connectivity index (χ2v) is 7.11. The number of aryl methyl sites for hydroxylation is 1. The van der Waals surface area contributed by atoms with Crippen molar-refractivity contribution in [3.8, 4) is 11.1 Å². The molecule has 1 atom stereocenters. The minimum absolute atomic E-state index is 0.329. The quantitative estimate of drug-likeness (QED) is 0.685. The van der Waals surface area contributed by atoms with Gasteiger partial charge in [0.15, 0.2) is 0 Å². The molecule has 0 radical (unpaired) electrons. The van der Waals surface area contributed by atoms with Gasteiger partial charge in [-0.2, -0.15) is 10.1 Å². The summed E-state index contributed by atoms with van der Waals surface area (Å²) in [5.41, 5.74) is 10.3. The molecule has 25 heavy (non-hydrogen) atoms. The minimum atomic E-state index is 0.329. The third-order valence-electron chi connectivity index (χ3n) is 4.47. The second-order valence-electron chi connectivity index (χ2n) is 6.27. The number of halogens is 1. The van der Waals surface area contributed by atoms with E-state index in [2.05, 4.69) is 28.9 Å². The number of rotatable bonds is 5. The summed E-state index contributed by atoms with van der Waals surface area (Å²) in [6.07, 6.45) is 3.47. The van der Waals surface area contributed by atoms with Crippen LogP contribution in [0.15, 0.2) is 24.5 Å². The SMILES string of the molecule is CCC(C)Cc1c(-c2ccc(C(N)=S)cc2Cl)c(C)nc2ncnn12. The Morgan fingerprint density at radius 2 is 2.16 bits per heavy atom. The number of nitrogens with two attached hydrogens (primary N) is 1. The van der Waals surface area contributed by atoms with Crippen molar-refractivity contribution in [2.45, 2.75) is 33.6 Å². The first-order valence-electron chi connectivity index (χ1n) is 8.21. The number of hydrogen-bond donors (Lipinski definition) is 1. The Morgan fingerprint density at radius 1 is 1.40 bits per heavy atom. The highest BCUT2D eigenvalue weighted by molar-refractivity contribution is 7.80. The van der Waals surface area contributed by atoms with Gasteiger partial charge in [-0.15, -0.1) is 0 Å². The van der Waals surface area contributed by atoms with Gasteiger partial charge in [-0.05, 0) is 25.3 Å². The molecule has 2 aromatic heterocycles. The maximum atomic E-state index is 6.56. The van der Waals surface area contributed by atoms with Crippen LogP contribution in [-0.4, -0.2) is 24.6 Å². The van der Waals surface area contributed by atoms with Crippen LogP contribution in [0.5, 0.6) is 0 Å². The molecular weight excluding hydrogens is 354 g/mol.